The second-order valence-electron chi connectivity index (χ2n) is 3.83. The summed E-state index contributed by atoms with van der Waals surface area (Å²) in [6.45, 7) is 5.12. The molecule has 0 amide bonds. The zero-order chi connectivity index (χ0) is 10.5. The predicted molar refractivity (Wildman–Crippen MR) is 64.8 cm³/mol. The Morgan fingerprint density at radius 3 is 2.87 bits per heavy atom. The number of hydrogen-bond donors (Lipinski definition) is 0. The maximum absolute atomic E-state index is 3.83. The van der Waals surface area contributed by atoms with Crippen LogP contribution in [0.3, 0.4) is 0 Å². The summed E-state index contributed by atoms with van der Waals surface area (Å²) < 4.78 is 6.30. The van der Waals surface area contributed by atoms with E-state index in [9.17, 15) is 0 Å². The molecule has 0 bridgehead atoms. The third-order valence-electron chi connectivity index (χ3n) is 2.75. The van der Waals surface area contributed by atoms with Gasteiger partial charge in [-0.2, -0.15) is 0 Å². The van der Waals surface area contributed by atoms with E-state index < -0.39 is 0 Å². The summed E-state index contributed by atoms with van der Waals surface area (Å²) in [6.07, 6.45) is 11.2. The number of piperidine rings is 1. The van der Waals surface area contributed by atoms with Crippen LogP contribution in [0.4, 0.5) is 0 Å². The summed E-state index contributed by atoms with van der Waals surface area (Å²) in [5.41, 5.74) is 0. The van der Waals surface area contributed by atoms with Crippen LogP contribution in [0.5, 0.6) is 0 Å². The van der Waals surface area contributed by atoms with Gasteiger partial charge >= 0.3 is 103 Å². The van der Waals surface area contributed by atoms with Gasteiger partial charge in [0.2, 0.25) is 0 Å². The van der Waals surface area contributed by atoms with Crippen LogP contribution < -0.4 is 0 Å². The first-order chi connectivity index (χ1) is 7.42. The fourth-order valence-corrected chi connectivity index (χ4v) is 4.72. The first-order valence-corrected chi connectivity index (χ1v) is 8.24. The van der Waals surface area contributed by atoms with E-state index in [2.05, 4.69) is 44.9 Å². The molecule has 82 valence electrons. The number of aromatic nitrogens is 1. The van der Waals surface area contributed by atoms with Crippen molar-refractivity contribution in [3.05, 3.63) is 37.2 Å². The van der Waals surface area contributed by atoms with Crippen LogP contribution in [0.1, 0.15) is 25.4 Å². The van der Waals surface area contributed by atoms with Gasteiger partial charge in [0.05, 0.1) is 0 Å². The zero-order valence-electron chi connectivity index (χ0n) is 9.01. The van der Waals surface area contributed by atoms with Gasteiger partial charge in [-0.05, 0) is 0 Å². The van der Waals surface area contributed by atoms with Crippen molar-refractivity contribution in [2.75, 3.05) is 6.54 Å². The van der Waals surface area contributed by atoms with Crippen LogP contribution in [-0.4, -0.2) is 35.5 Å². The van der Waals surface area contributed by atoms with E-state index in [0.717, 1.165) is 0 Å². The molecular weight excluding hydrogens is 300 g/mol. The SMILES string of the molecule is C=CC[Te]N1CCCCC1n1cccc1. The monoisotopic (exact) mass is 320 g/mol. The molecule has 0 aromatic carbocycles. The molecule has 1 saturated heterocycles. The fourth-order valence-electron chi connectivity index (χ4n) is 2.03. The van der Waals surface area contributed by atoms with Gasteiger partial charge in [-0.1, -0.05) is 0 Å². The average molecular weight is 318 g/mol. The molecule has 1 fully saturated rings. The van der Waals surface area contributed by atoms with Crippen molar-refractivity contribution >= 4 is 21.2 Å². The van der Waals surface area contributed by atoms with E-state index in [4.69, 9.17) is 0 Å². The standard InChI is InChI=1S/C12H18N2Te/c1-2-11-15-14-10-4-3-7-12(14)13-8-5-6-9-13/h2,5-6,8-9,12H,1,3-4,7,10-11H2. The Kier molecular flexibility index (Phi) is 4.31. The van der Waals surface area contributed by atoms with Gasteiger partial charge in [0.25, 0.3) is 0 Å². The normalized spacial score (nSPS) is 22.8. The summed E-state index contributed by atoms with van der Waals surface area (Å²) >= 11 is -0.0294. The summed E-state index contributed by atoms with van der Waals surface area (Å²) in [5.74, 6) is 0. The van der Waals surface area contributed by atoms with Gasteiger partial charge in [-0.25, -0.2) is 0 Å². The van der Waals surface area contributed by atoms with Gasteiger partial charge in [-0.15, -0.1) is 0 Å². The van der Waals surface area contributed by atoms with Crippen molar-refractivity contribution in [1.82, 2.24) is 7.72 Å². The predicted octanol–water partition coefficient (Wildman–Crippen LogP) is 2.70. The van der Waals surface area contributed by atoms with Crippen LogP contribution in [0, 0.1) is 0 Å². The third kappa shape index (κ3) is 2.87. The van der Waals surface area contributed by atoms with E-state index in [1.807, 2.05) is 0 Å². The van der Waals surface area contributed by atoms with Crippen LogP contribution in [0.2, 0.25) is 4.47 Å². The van der Waals surface area contributed by atoms with E-state index in [1.54, 1.807) is 0 Å². The van der Waals surface area contributed by atoms with Gasteiger partial charge in [0.1, 0.15) is 0 Å². The van der Waals surface area contributed by atoms with Crippen LogP contribution in [0.25, 0.3) is 0 Å². The van der Waals surface area contributed by atoms with E-state index in [1.165, 1.54) is 30.3 Å². The van der Waals surface area contributed by atoms with Crippen LogP contribution >= 0.6 is 0 Å². The Hall–Kier alpha value is -0.230. The molecule has 1 aliphatic heterocycles. The summed E-state index contributed by atoms with van der Waals surface area (Å²) in [6, 6.07) is 4.25. The topological polar surface area (TPSA) is 8.17 Å². The molecule has 0 radical (unpaired) electrons. The van der Waals surface area contributed by atoms with E-state index in [-0.39, 0.29) is 21.2 Å². The number of nitrogens with zero attached hydrogens (tertiary/aromatic N) is 2. The maximum atomic E-state index is 3.83. The molecule has 1 aliphatic rings. The molecule has 15 heavy (non-hydrogen) atoms. The molecule has 0 aliphatic carbocycles. The quantitative estimate of drug-likeness (QED) is 0.612. The van der Waals surface area contributed by atoms with Crippen LogP contribution in [0.15, 0.2) is 37.2 Å². The van der Waals surface area contributed by atoms with Gasteiger partial charge in [-0.3, -0.25) is 0 Å². The van der Waals surface area contributed by atoms with Gasteiger partial charge in [0.15, 0.2) is 0 Å². The molecule has 2 rings (SSSR count). The molecule has 1 unspecified atom stereocenters. The fraction of sp³-hybridized carbons (Fsp3) is 0.500. The summed E-state index contributed by atoms with van der Waals surface area (Å²) in [4.78, 5) is 0. The Bertz CT molecular complexity index is 295. The minimum atomic E-state index is -0.0294. The molecule has 1 aromatic heterocycles. The Morgan fingerprint density at radius 1 is 1.33 bits per heavy atom. The van der Waals surface area contributed by atoms with Crippen molar-refractivity contribution in [2.45, 2.75) is 29.9 Å². The molecule has 2 heterocycles. The van der Waals surface area contributed by atoms with Gasteiger partial charge in [0, 0.05) is 0 Å². The summed E-state index contributed by atoms with van der Waals surface area (Å²) in [5, 5.41) is 0. The van der Waals surface area contributed by atoms with Crippen molar-refractivity contribution in [1.29, 1.82) is 0 Å². The second kappa shape index (κ2) is 5.74. The van der Waals surface area contributed by atoms with E-state index in [0.29, 0.717) is 6.17 Å². The Morgan fingerprint density at radius 2 is 2.13 bits per heavy atom. The Labute approximate surface area is 102 Å². The molecule has 2 nitrogen and oxygen atoms in total. The number of allylic oxidation sites excluding steroid dienone is 1. The van der Waals surface area contributed by atoms with Gasteiger partial charge < -0.3 is 0 Å². The molecule has 0 saturated carbocycles. The van der Waals surface area contributed by atoms with Crippen molar-refractivity contribution < 1.29 is 0 Å². The zero-order valence-corrected chi connectivity index (χ0v) is 11.3. The third-order valence-corrected chi connectivity index (χ3v) is 6.01. The van der Waals surface area contributed by atoms with E-state index >= 15 is 0 Å². The number of rotatable bonds is 4. The minimum absolute atomic E-state index is 0.0294. The average Bonchev–Trinajstić information content (AvgIpc) is 2.80. The first kappa shape index (κ1) is 11.3. The van der Waals surface area contributed by atoms with Crippen LogP contribution in [-0.2, 0) is 0 Å². The van der Waals surface area contributed by atoms with Crippen molar-refractivity contribution in [2.24, 2.45) is 0 Å². The van der Waals surface area contributed by atoms with Crippen molar-refractivity contribution in [3.63, 3.8) is 0 Å². The molecule has 0 N–H and O–H groups in total. The molecule has 0 spiro atoms. The molecule has 1 atom stereocenters. The summed E-state index contributed by atoms with van der Waals surface area (Å²) in [7, 11) is 0. The second-order valence-corrected chi connectivity index (χ2v) is 6.86. The molecule has 3 heteroatoms. The Balaban J connectivity index is 2.02. The number of hydrogen-bond acceptors (Lipinski definition) is 1. The van der Waals surface area contributed by atoms with Crippen molar-refractivity contribution in [3.8, 4) is 0 Å². The first-order valence-electron chi connectivity index (χ1n) is 5.55. The molecular formula is C12H18N2Te. The molecule has 1 aromatic rings.